The van der Waals surface area contributed by atoms with E-state index >= 15 is 0 Å². The second-order valence-electron chi connectivity index (χ2n) is 7.65. The number of amides is 1. The standard InChI is InChI=1S/C22H27FN4O/c23-20-7-1-2-8-21(20)26-13-11-25(12-14-26)19-6-4-10-27(17-19)22(28)15-18-5-3-9-24-16-18/h1-3,5,7-9,16,19H,4,6,10-15,17H2/t19-/m1/s1. The Morgan fingerprint density at radius 1 is 1.07 bits per heavy atom. The van der Waals surface area contributed by atoms with Gasteiger partial charge < -0.3 is 9.80 Å². The summed E-state index contributed by atoms with van der Waals surface area (Å²) in [6.45, 7) is 5.08. The van der Waals surface area contributed by atoms with Crippen molar-refractivity contribution in [1.29, 1.82) is 0 Å². The number of aromatic nitrogens is 1. The number of carbonyl (C=O) groups excluding carboxylic acids is 1. The van der Waals surface area contributed by atoms with Gasteiger partial charge in [-0.15, -0.1) is 0 Å². The molecule has 2 fully saturated rings. The van der Waals surface area contributed by atoms with Crippen LogP contribution in [0.3, 0.4) is 0 Å². The smallest absolute Gasteiger partial charge is 0.227 e. The first-order valence-electron chi connectivity index (χ1n) is 10.1. The molecule has 0 spiro atoms. The minimum atomic E-state index is -0.152. The molecule has 2 saturated heterocycles. The van der Waals surface area contributed by atoms with Crippen LogP contribution in [0.1, 0.15) is 18.4 Å². The lowest BCUT2D eigenvalue weighted by Crippen LogP contribution is -2.56. The third-order valence-electron chi connectivity index (χ3n) is 5.85. The molecule has 1 aromatic heterocycles. The summed E-state index contributed by atoms with van der Waals surface area (Å²) in [4.78, 5) is 23.4. The van der Waals surface area contributed by atoms with Gasteiger partial charge in [0.1, 0.15) is 5.82 Å². The molecule has 0 N–H and O–H groups in total. The lowest BCUT2D eigenvalue weighted by molar-refractivity contribution is -0.132. The third-order valence-corrected chi connectivity index (χ3v) is 5.85. The second kappa shape index (κ2) is 8.69. The molecule has 2 aromatic rings. The van der Waals surface area contributed by atoms with Crippen molar-refractivity contribution in [3.05, 3.63) is 60.2 Å². The first kappa shape index (κ1) is 18.9. The Labute approximate surface area is 165 Å². The van der Waals surface area contributed by atoms with E-state index in [0.29, 0.717) is 18.2 Å². The van der Waals surface area contributed by atoms with Crippen LogP contribution >= 0.6 is 0 Å². The molecule has 5 nitrogen and oxygen atoms in total. The fourth-order valence-electron chi connectivity index (χ4n) is 4.30. The van der Waals surface area contributed by atoms with Gasteiger partial charge in [0, 0.05) is 57.7 Å². The van der Waals surface area contributed by atoms with Crippen LogP contribution in [0.4, 0.5) is 10.1 Å². The highest BCUT2D eigenvalue weighted by Crippen LogP contribution is 2.23. The lowest BCUT2D eigenvalue weighted by Gasteiger charge is -2.44. The predicted octanol–water partition coefficient (Wildman–Crippen LogP) is 2.58. The SMILES string of the molecule is O=C(Cc1cccnc1)N1CCC[C@@H](N2CCN(c3ccccc3F)CC2)C1. The molecule has 1 aromatic carbocycles. The molecule has 3 heterocycles. The Kier molecular flexibility index (Phi) is 5.86. The molecule has 0 radical (unpaired) electrons. The zero-order valence-electron chi connectivity index (χ0n) is 16.1. The number of piperidine rings is 1. The van der Waals surface area contributed by atoms with E-state index in [2.05, 4.69) is 14.8 Å². The average molecular weight is 382 g/mol. The van der Waals surface area contributed by atoms with E-state index < -0.39 is 0 Å². The van der Waals surface area contributed by atoms with Crippen molar-refractivity contribution < 1.29 is 9.18 Å². The summed E-state index contributed by atoms with van der Waals surface area (Å²) >= 11 is 0. The van der Waals surface area contributed by atoms with Gasteiger partial charge in [-0.1, -0.05) is 18.2 Å². The number of halogens is 1. The van der Waals surface area contributed by atoms with Gasteiger partial charge in [0.2, 0.25) is 5.91 Å². The van der Waals surface area contributed by atoms with Crippen LogP contribution in [0.15, 0.2) is 48.8 Å². The zero-order chi connectivity index (χ0) is 19.3. The van der Waals surface area contributed by atoms with E-state index in [0.717, 1.165) is 57.7 Å². The van der Waals surface area contributed by atoms with Gasteiger partial charge >= 0.3 is 0 Å². The summed E-state index contributed by atoms with van der Waals surface area (Å²) in [6.07, 6.45) is 6.07. The third kappa shape index (κ3) is 4.33. The van der Waals surface area contributed by atoms with E-state index in [4.69, 9.17) is 0 Å². The number of para-hydroxylation sites is 1. The number of anilines is 1. The van der Waals surface area contributed by atoms with Crippen molar-refractivity contribution in [3.63, 3.8) is 0 Å². The van der Waals surface area contributed by atoms with Crippen molar-refractivity contribution in [2.24, 2.45) is 0 Å². The van der Waals surface area contributed by atoms with Gasteiger partial charge in [-0.2, -0.15) is 0 Å². The van der Waals surface area contributed by atoms with Crippen LogP contribution in [-0.2, 0) is 11.2 Å². The van der Waals surface area contributed by atoms with Gasteiger partial charge in [0.25, 0.3) is 0 Å². The number of piperazine rings is 1. The molecule has 0 aliphatic carbocycles. The van der Waals surface area contributed by atoms with E-state index in [-0.39, 0.29) is 11.7 Å². The monoisotopic (exact) mass is 382 g/mol. The molecule has 2 aliphatic rings. The summed E-state index contributed by atoms with van der Waals surface area (Å²) in [7, 11) is 0. The number of rotatable bonds is 4. The number of carbonyl (C=O) groups is 1. The molecular weight excluding hydrogens is 355 g/mol. The fraction of sp³-hybridized carbons (Fsp3) is 0.455. The van der Waals surface area contributed by atoms with Crippen LogP contribution in [0, 0.1) is 5.82 Å². The Morgan fingerprint density at radius 2 is 1.89 bits per heavy atom. The normalized spacial score (nSPS) is 21.0. The molecule has 0 bridgehead atoms. The average Bonchev–Trinajstić information content (AvgIpc) is 2.75. The highest BCUT2D eigenvalue weighted by Gasteiger charge is 2.30. The van der Waals surface area contributed by atoms with Crippen molar-refractivity contribution in [1.82, 2.24) is 14.8 Å². The fourth-order valence-corrected chi connectivity index (χ4v) is 4.30. The lowest BCUT2D eigenvalue weighted by atomic mass is 10.0. The number of hydrogen-bond acceptors (Lipinski definition) is 4. The van der Waals surface area contributed by atoms with Crippen molar-refractivity contribution in [2.75, 3.05) is 44.2 Å². The molecule has 148 valence electrons. The molecule has 1 atom stereocenters. The summed E-state index contributed by atoms with van der Waals surface area (Å²) in [5.41, 5.74) is 1.66. The molecule has 6 heteroatoms. The van der Waals surface area contributed by atoms with Crippen LogP contribution in [0.2, 0.25) is 0 Å². The number of nitrogens with zero attached hydrogens (tertiary/aromatic N) is 4. The van der Waals surface area contributed by atoms with E-state index in [9.17, 15) is 9.18 Å². The maximum Gasteiger partial charge on any atom is 0.227 e. The van der Waals surface area contributed by atoms with Crippen molar-refractivity contribution in [3.8, 4) is 0 Å². The molecule has 2 aliphatic heterocycles. The van der Waals surface area contributed by atoms with Crippen LogP contribution in [0.25, 0.3) is 0 Å². The summed E-state index contributed by atoms with van der Waals surface area (Å²) in [6, 6.07) is 11.2. The van der Waals surface area contributed by atoms with Crippen LogP contribution in [-0.4, -0.2) is 66.0 Å². The van der Waals surface area contributed by atoms with Gasteiger partial charge in [-0.3, -0.25) is 14.7 Å². The van der Waals surface area contributed by atoms with Crippen LogP contribution < -0.4 is 4.90 Å². The summed E-state index contributed by atoms with van der Waals surface area (Å²) in [5, 5.41) is 0. The van der Waals surface area contributed by atoms with E-state index in [1.54, 1.807) is 18.5 Å². The molecule has 1 amide bonds. The Morgan fingerprint density at radius 3 is 2.64 bits per heavy atom. The molecule has 0 saturated carbocycles. The van der Waals surface area contributed by atoms with Gasteiger partial charge in [-0.05, 0) is 36.6 Å². The Bertz CT molecular complexity index is 792. The highest BCUT2D eigenvalue weighted by molar-refractivity contribution is 5.78. The first-order chi connectivity index (χ1) is 13.7. The molecule has 4 rings (SSSR count). The second-order valence-corrected chi connectivity index (χ2v) is 7.65. The largest absolute Gasteiger partial charge is 0.367 e. The van der Waals surface area contributed by atoms with Crippen LogP contribution in [0.5, 0.6) is 0 Å². The minimum Gasteiger partial charge on any atom is -0.367 e. The summed E-state index contributed by atoms with van der Waals surface area (Å²) < 4.78 is 14.0. The van der Waals surface area contributed by atoms with E-state index in [1.807, 2.05) is 29.2 Å². The number of hydrogen-bond donors (Lipinski definition) is 0. The topological polar surface area (TPSA) is 39.7 Å². The van der Waals surface area contributed by atoms with Gasteiger partial charge in [-0.25, -0.2) is 4.39 Å². The van der Waals surface area contributed by atoms with Gasteiger partial charge in [0.15, 0.2) is 0 Å². The maximum absolute atomic E-state index is 14.0. The quantitative estimate of drug-likeness (QED) is 0.815. The molecule has 0 unspecified atom stereocenters. The maximum atomic E-state index is 14.0. The number of benzene rings is 1. The number of pyridine rings is 1. The van der Waals surface area contributed by atoms with Gasteiger partial charge in [0.05, 0.1) is 12.1 Å². The Balaban J connectivity index is 1.32. The molecular formula is C22H27FN4O. The highest BCUT2D eigenvalue weighted by atomic mass is 19.1. The van der Waals surface area contributed by atoms with Crippen molar-refractivity contribution in [2.45, 2.75) is 25.3 Å². The molecule has 28 heavy (non-hydrogen) atoms. The number of likely N-dealkylation sites (tertiary alicyclic amines) is 1. The Hall–Kier alpha value is -2.47. The first-order valence-corrected chi connectivity index (χ1v) is 10.1. The van der Waals surface area contributed by atoms with Crippen molar-refractivity contribution >= 4 is 11.6 Å². The zero-order valence-corrected chi connectivity index (χ0v) is 16.1. The van der Waals surface area contributed by atoms with E-state index in [1.165, 1.54) is 6.07 Å². The minimum absolute atomic E-state index is 0.152. The predicted molar refractivity (Wildman–Crippen MR) is 108 cm³/mol. The summed E-state index contributed by atoms with van der Waals surface area (Å²) in [5.74, 6) is 0.0310.